The van der Waals surface area contributed by atoms with Gasteiger partial charge in [0.05, 0.1) is 0 Å². The van der Waals surface area contributed by atoms with Crippen LogP contribution in [0.2, 0.25) is 0 Å². The molecule has 3 aromatic rings. The average molecular weight is 470 g/mol. The van der Waals surface area contributed by atoms with Crippen LogP contribution >= 0.6 is 0 Å². The van der Waals surface area contributed by atoms with Gasteiger partial charge in [0.25, 0.3) is 0 Å². The Kier molecular flexibility index (Phi) is 6.54. The summed E-state index contributed by atoms with van der Waals surface area (Å²) in [6.45, 7) is 0.0367. The summed E-state index contributed by atoms with van der Waals surface area (Å²) in [7, 11) is 0. The van der Waals surface area contributed by atoms with E-state index in [9.17, 15) is 27.9 Å². The summed E-state index contributed by atoms with van der Waals surface area (Å²) in [6.07, 6.45) is -4.29. The lowest BCUT2D eigenvalue weighted by Crippen LogP contribution is -2.41. The SMILES string of the molecule is O=C(N[C@H](CCc1ccc(C(F)(F)F)nc1)C(=O)O)OCC1c2ccccc2-c2ccccc21. The molecule has 1 atom stereocenters. The van der Waals surface area contributed by atoms with Crippen molar-refractivity contribution < 1.29 is 32.6 Å². The largest absolute Gasteiger partial charge is 0.480 e. The summed E-state index contributed by atoms with van der Waals surface area (Å²) >= 11 is 0. The van der Waals surface area contributed by atoms with Crippen molar-refractivity contribution in [1.29, 1.82) is 0 Å². The number of carbonyl (C=O) groups is 2. The summed E-state index contributed by atoms with van der Waals surface area (Å²) in [5.74, 6) is -1.44. The Morgan fingerprint density at radius 3 is 2.15 bits per heavy atom. The van der Waals surface area contributed by atoms with Crippen molar-refractivity contribution in [3.05, 3.63) is 89.2 Å². The first kappa shape index (κ1) is 23.3. The molecule has 0 fully saturated rings. The molecule has 34 heavy (non-hydrogen) atoms. The Morgan fingerprint density at radius 2 is 1.62 bits per heavy atom. The van der Waals surface area contributed by atoms with Gasteiger partial charge in [-0.25, -0.2) is 9.59 Å². The topological polar surface area (TPSA) is 88.5 Å². The number of hydrogen-bond donors (Lipinski definition) is 2. The lowest BCUT2D eigenvalue weighted by molar-refractivity contribution is -0.141. The molecule has 1 aromatic heterocycles. The molecule has 0 saturated carbocycles. The highest BCUT2D eigenvalue weighted by atomic mass is 19.4. The number of carboxylic acids is 1. The molecule has 2 N–H and O–H groups in total. The van der Waals surface area contributed by atoms with E-state index in [1.165, 1.54) is 6.07 Å². The Bertz CT molecular complexity index is 1150. The van der Waals surface area contributed by atoms with Crippen LogP contribution in [0.1, 0.15) is 34.7 Å². The second-order valence-corrected chi connectivity index (χ2v) is 7.95. The molecule has 0 saturated heterocycles. The number of hydrogen-bond acceptors (Lipinski definition) is 4. The van der Waals surface area contributed by atoms with E-state index in [1.54, 1.807) is 0 Å². The van der Waals surface area contributed by atoms with Crippen LogP contribution in [0.3, 0.4) is 0 Å². The quantitative estimate of drug-likeness (QED) is 0.506. The third-order valence-corrected chi connectivity index (χ3v) is 5.77. The predicted octanol–water partition coefficient (Wildman–Crippen LogP) is 5.02. The number of pyridine rings is 1. The second kappa shape index (κ2) is 9.54. The van der Waals surface area contributed by atoms with E-state index < -0.39 is 30.0 Å². The molecule has 9 heteroatoms. The summed E-state index contributed by atoms with van der Waals surface area (Å²) < 4.78 is 43.3. The average Bonchev–Trinajstić information content (AvgIpc) is 3.13. The van der Waals surface area contributed by atoms with Crippen molar-refractivity contribution in [2.75, 3.05) is 6.61 Å². The number of alkyl halides is 3. The smallest absolute Gasteiger partial charge is 0.433 e. The molecule has 0 aliphatic heterocycles. The number of benzene rings is 2. The van der Waals surface area contributed by atoms with Gasteiger partial charge in [-0.2, -0.15) is 13.2 Å². The van der Waals surface area contributed by atoms with E-state index in [0.29, 0.717) is 5.56 Å². The van der Waals surface area contributed by atoms with Crippen LogP contribution < -0.4 is 5.32 Å². The number of amides is 1. The van der Waals surface area contributed by atoms with Gasteiger partial charge in [0, 0.05) is 12.1 Å². The van der Waals surface area contributed by atoms with Crippen LogP contribution in [0.4, 0.5) is 18.0 Å². The van der Waals surface area contributed by atoms with Crippen LogP contribution in [0.25, 0.3) is 11.1 Å². The number of aromatic nitrogens is 1. The molecule has 6 nitrogen and oxygen atoms in total. The Hall–Kier alpha value is -3.88. The number of carbonyl (C=O) groups excluding carboxylic acids is 1. The first-order valence-electron chi connectivity index (χ1n) is 10.6. The third kappa shape index (κ3) is 5.03. The molecule has 1 aliphatic rings. The van der Waals surface area contributed by atoms with E-state index in [2.05, 4.69) is 10.3 Å². The Balaban J connectivity index is 1.35. The molecular weight excluding hydrogens is 449 g/mol. The van der Waals surface area contributed by atoms with E-state index in [4.69, 9.17) is 4.74 Å². The summed E-state index contributed by atoms with van der Waals surface area (Å²) in [5.41, 5.74) is 3.60. The molecule has 176 valence electrons. The van der Waals surface area contributed by atoms with E-state index in [-0.39, 0.29) is 25.4 Å². The second-order valence-electron chi connectivity index (χ2n) is 7.95. The van der Waals surface area contributed by atoms with Gasteiger partial charge < -0.3 is 15.2 Å². The lowest BCUT2D eigenvalue weighted by atomic mass is 9.98. The van der Waals surface area contributed by atoms with Crippen LogP contribution in [0.15, 0.2) is 66.9 Å². The molecule has 0 unspecified atom stereocenters. The Labute approximate surface area is 193 Å². The normalized spacial score (nSPS) is 13.6. The fraction of sp³-hybridized carbons (Fsp3) is 0.240. The van der Waals surface area contributed by atoms with Crippen LogP contribution in [0, 0.1) is 0 Å². The summed E-state index contributed by atoms with van der Waals surface area (Å²) in [6, 6.07) is 16.5. The van der Waals surface area contributed by atoms with Crippen LogP contribution in [-0.2, 0) is 22.1 Å². The standard InChI is InChI=1S/C25H21F3N2O4/c26-25(27,28)22-12-10-15(13-29-22)9-11-21(23(31)32)30-24(33)34-14-20-18-7-3-1-5-16(18)17-6-2-4-8-19(17)20/h1-8,10,12-13,20-21H,9,11,14H2,(H,30,33)(H,31,32)/t21-/m1/s1. The number of carboxylic acid groups (broad SMARTS) is 1. The van der Waals surface area contributed by atoms with Gasteiger partial charge >= 0.3 is 18.2 Å². The van der Waals surface area contributed by atoms with Gasteiger partial charge in [-0.05, 0) is 46.7 Å². The first-order valence-corrected chi connectivity index (χ1v) is 10.6. The minimum atomic E-state index is -4.55. The van der Waals surface area contributed by atoms with Gasteiger partial charge in [-0.3, -0.25) is 4.98 Å². The lowest BCUT2D eigenvalue weighted by Gasteiger charge is -2.17. The number of aryl methyl sites for hydroxylation is 1. The number of ether oxygens (including phenoxy) is 1. The maximum absolute atomic E-state index is 12.6. The van der Waals surface area contributed by atoms with Crippen molar-refractivity contribution in [3.63, 3.8) is 0 Å². The number of nitrogens with zero attached hydrogens (tertiary/aromatic N) is 1. The van der Waals surface area contributed by atoms with Crippen LogP contribution in [-0.4, -0.2) is 34.8 Å². The first-order chi connectivity index (χ1) is 16.2. The summed E-state index contributed by atoms with van der Waals surface area (Å²) in [5, 5.41) is 11.8. The van der Waals surface area contributed by atoms with Gasteiger partial charge in [-0.15, -0.1) is 0 Å². The zero-order valence-electron chi connectivity index (χ0n) is 17.9. The summed E-state index contributed by atoms with van der Waals surface area (Å²) in [4.78, 5) is 27.3. The zero-order chi connectivity index (χ0) is 24.3. The zero-order valence-corrected chi connectivity index (χ0v) is 17.9. The van der Waals surface area contributed by atoms with Gasteiger partial charge in [-0.1, -0.05) is 54.6 Å². The molecular formula is C25H21F3N2O4. The molecule has 1 aliphatic carbocycles. The highest BCUT2D eigenvalue weighted by Gasteiger charge is 2.32. The number of alkyl carbamates (subject to hydrolysis) is 1. The molecule has 0 radical (unpaired) electrons. The van der Waals surface area contributed by atoms with Gasteiger partial charge in [0.1, 0.15) is 18.3 Å². The van der Waals surface area contributed by atoms with Crippen molar-refractivity contribution in [3.8, 4) is 11.1 Å². The molecule has 0 spiro atoms. The maximum atomic E-state index is 12.6. The molecule has 1 heterocycles. The minimum Gasteiger partial charge on any atom is -0.480 e. The number of fused-ring (bicyclic) bond motifs is 3. The number of aliphatic carboxylic acids is 1. The molecule has 4 rings (SSSR count). The van der Waals surface area contributed by atoms with Crippen molar-refractivity contribution in [1.82, 2.24) is 10.3 Å². The predicted molar refractivity (Wildman–Crippen MR) is 117 cm³/mol. The van der Waals surface area contributed by atoms with Crippen molar-refractivity contribution in [2.45, 2.75) is 31.0 Å². The highest BCUT2D eigenvalue weighted by Crippen LogP contribution is 2.44. The van der Waals surface area contributed by atoms with Gasteiger partial charge in [0.2, 0.25) is 0 Å². The van der Waals surface area contributed by atoms with Crippen LogP contribution in [0.5, 0.6) is 0 Å². The number of nitrogens with one attached hydrogen (secondary N) is 1. The third-order valence-electron chi connectivity index (χ3n) is 5.77. The van der Waals surface area contributed by atoms with Gasteiger partial charge in [0.15, 0.2) is 0 Å². The monoisotopic (exact) mass is 470 g/mol. The molecule has 0 bridgehead atoms. The van der Waals surface area contributed by atoms with Crippen molar-refractivity contribution in [2.24, 2.45) is 0 Å². The number of rotatable bonds is 7. The van der Waals surface area contributed by atoms with E-state index in [0.717, 1.165) is 34.5 Å². The molecule has 1 amide bonds. The minimum absolute atomic E-state index is 0.0351. The van der Waals surface area contributed by atoms with E-state index >= 15 is 0 Å². The fourth-order valence-electron chi connectivity index (χ4n) is 4.09. The fourth-order valence-corrected chi connectivity index (χ4v) is 4.09. The Morgan fingerprint density at radius 1 is 1.00 bits per heavy atom. The maximum Gasteiger partial charge on any atom is 0.433 e. The van der Waals surface area contributed by atoms with E-state index in [1.807, 2.05) is 48.5 Å². The van der Waals surface area contributed by atoms with Crippen molar-refractivity contribution >= 4 is 12.1 Å². The highest BCUT2D eigenvalue weighted by molar-refractivity contribution is 5.81. The number of halogens is 3. The molecule has 2 aromatic carbocycles.